The number of hydrogen-bond acceptors (Lipinski definition) is 4. The van der Waals surface area contributed by atoms with Crippen LogP contribution in [0.15, 0.2) is 65.3 Å². The molecular weight excluding hydrogens is 368 g/mol. The number of aryl methyl sites for hydroxylation is 1. The minimum Gasteiger partial charge on any atom is -0.497 e. The van der Waals surface area contributed by atoms with E-state index in [0.717, 1.165) is 34.7 Å². The molecule has 0 spiro atoms. The van der Waals surface area contributed by atoms with E-state index >= 15 is 0 Å². The Morgan fingerprint density at radius 2 is 1.97 bits per heavy atom. The molecule has 0 unspecified atom stereocenters. The molecule has 1 N–H and O–H groups in total. The van der Waals surface area contributed by atoms with E-state index < -0.39 is 0 Å². The molecule has 0 bridgehead atoms. The number of fused-ring (bicyclic) bond motifs is 1. The molecule has 0 fully saturated rings. The van der Waals surface area contributed by atoms with Crippen molar-refractivity contribution in [2.75, 3.05) is 23.9 Å². The second-order valence-corrected chi connectivity index (χ2v) is 6.92. The van der Waals surface area contributed by atoms with Crippen molar-refractivity contribution in [3.05, 3.63) is 77.7 Å². The smallest absolute Gasteiger partial charge is 0.293 e. The third-order valence-corrected chi connectivity index (χ3v) is 5.04. The average molecular weight is 390 g/mol. The van der Waals surface area contributed by atoms with Gasteiger partial charge in [-0.25, -0.2) is 0 Å². The van der Waals surface area contributed by atoms with E-state index in [0.29, 0.717) is 25.1 Å². The Morgan fingerprint density at radius 3 is 2.69 bits per heavy atom. The summed E-state index contributed by atoms with van der Waals surface area (Å²) < 4.78 is 10.4. The Balaban J connectivity index is 1.36. The highest BCUT2D eigenvalue weighted by atomic mass is 16.5. The topological polar surface area (TPSA) is 71.8 Å². The number of benzene rings is 2. The molecule has 3 aromatic rings. The number of amides is 2. The summed E-state index contributed by atoms with van der Waals surface area (Å²) in [5, 5.41) is 2.95. The summed E-state index contributed by atoms with van der Waals surface area (Å²) in [4.78, 5) is 26.6. The Labute approximate surface area is 169 Å². The molecule has 2 amide bonds. The number of nitrogens with zero attached hydrogens (tertiary/aromatic N) is 1. The number of ether oxygens (including phenoxy) is 1. The first-order chi connectivity index (χ1) is 14.1. The minimum atomic E-state index is -0.148. The van der Waals surface area contributed by atoms with Crippen molar-refractivity contribution in [1.82, 2.24) is 0 Å². The maximum atomic E-state index is 12.5. The molecule has 148 valence electrons. The van der Waals surface area contributed by atoms with Gasteiger partial charge in [-0.1, -0.05) is 12.1 Å². The SMILES string of the molecule is COc1ccc(CCC(=O)Nc2ccc3c(c2)CCN3C(=O)c2ccco2)cc1. The van der Waals surface area contributed by atoms with Gasteiger partial charge in [-0.3, -0.25) is 9.59 Å². The number of carbonyl (C=O) groups is 2. The van der Waals surface area contributed by atoms with Crippen molar-refractivity contribution in [2.24, 2.45) is 0 Å². The Hall–Kier alpha value is -3.54. The van der Waals surface area contributed by atoms with Gasteiger partial charge in [0.1, 0.15) is 5.75 Å². The summed E-state index contributed by atoms with van der Waals surface area (Å²) in [7, 11) is 1.63. The van der Waals surface area contributed by atoms with Gasteiger partial charge in [-0.05, 0) is 66.4 Å². The van der Waals surface area contributed by atoms with Crippen LogP contribution in [0.4, 0.5) is 11.4 Å². The second kappa shape index (κ2) is 8.22. The third kappa shape index (κ3) is 4.16. The molecule has 1 aliphatic rings. The average Bonchev–Trinajstić information content (AvgIpc) is 3.42. The van der Waals surface area contributed by atoms with Gasteiger partial charge >= 0.3 is 0 Å². The number of hydrogen-bond donors (Lipinski definition) is 1. The van der Waals surface area contributed by atoms with Crippen LogP contribution in [0.1, 0.15) is 28.1 Å². The fourth-order valence-electron chi connectivity index (χ4n) is 3.50. The zero-order chi connectivity index (χ0) is 20.2. The first kappa shape index (κ1) is 18.8. The lowest BCUT2D eigenvalue weighted by atomic mass is 10.1. The maximum absolute atomic E-state index is 12.5. The van der Waals surface area contributed by atoms with Crippen molar-refractivity contribution in [3.63, 3.8) is 0 Å². The summed E-state index contributed by atoms with van der Waals surface area (Å²) in [5.41, 5.74) is 3.73. The van der Waals surface area contributed by atoms with Gasteiger partial charge in [-0.2, -0.15) is 0 Å². The third-order valence-electron chi connectivity index (χ3n) is 5.04. The molecular formula is C23H22N2O4. The summed E-state index contributed by atoms with van der Waals surface area (Å²) in [6.07, 6.45) is 3.30. The van der Waals surface area contributed by atoms with Gasteiger partial charge in [0.05, 0.1) is 13.4 Å². The van der Waals surface area contributed by atoms with Gasteiger partial charge < -0.3 is 19.4 Å². The Bertz CT molecular complexity index is 1010. The fraction of sp³-hybridized carbons (Fsp3) is 0.217. The van der Waals surface area contributed by atoms with Gasteiger partial charge in [-0.15, -0.1) is 0 Å². The van der Waals surface area contributed by atoms with E-state index in [4.69, 9.17) is 9.15 Å². The number of rotatable bonds is 6. The molecule has 1 aromatic heterocycles. The van der Waals surface area contributed by atoms with E-state index in [-0.39, 0.29) is 11.8 Å². The van der Waals surface area contributed by atoms with Crippen molar-refractivity contribution in [1.29, 1.82) is 0 Å². The maximum Gasteiger partial charge on any atom is 0.293 e. The first-order valence-electron chi connectivity index (χ1n) is 9.55. The van der Waals surface area contributed by atoms with E-state index in [1.807, 2.05) is 42.5 Å². The highest BCUT2D eigenvalue weighted by molar-refractivity contribution is 6.05. The Morgan fingerprint density at radius 1 is 1.14 bits per heavy atom. The summed E-state index contributed by atoms with van der Waals surface area (Å²) in [6, 6.07) is 16.7. The molecule has 6 heteroatoms. The van der Waals surface area contributed by atoms with Crippen LogP contribution in [-0.2, 0) is 17.6 Å². The summed E-state index contributed by atoms with van der Waals surface area (Å²) in [6.45, 7) is 0.601. The molecule has 0 atom stereocenters. The Kier molecular flexibility index (Phi) is 5.33. The van der Waals surface area contributed by atoms with Gasteiger partial charge in [0, 0.05) is 24.3 Å². The van der Waals surface area contributed by atoms with E-state index in [2.05, 4.69) is 5.32 Å². The van der Waals surface area contributed by atoms with E-state index in [1.165, 1.54) is 6.26 Å². The van der Waals surface area contributed by atoms with Gasteiger partial charge in [0.15, 0.2) is 5.76 Å². The zero-order valence-electron chi connectivity index (χ0n) is 16.2. The molecule has 4 rings (SSSR count). The van der Waals surface area contributed by atoms with Crippen LogP contribution in [0.5, 0.6) is 5.75 Å². The molecule has 0 saturated heterocycles. The first-order valence-corrected chi connectivity index (χ1v) is 9.55. The van der Waals surface area contributed by atoms with Crippen LogP contribution < -0.4 is 15.0 Å². The predicted molar refractivity (Wildman–Crippen MR) is 110 cm³/mol. The highest BCUT2D eigenvalue weighted by Gasteiger charge is 2.27. The molecule has 2 heterocycles. The van der Waals surface area contributed by atoms with Crippen molar-refractivity contribution >= 4 is 23.2 Å². The number of nitrogens with one attached hydrogen (secondary N) is 1. The number of furan rings is 1. The van der Waals surface area contributed by atoms with Gasteiger partial charge in [0.2, 0.25) is 5.91 Å². The number of carbonyl (C=O) groups excluding carboxylic acids is 2. The standard InChI is InChI=1S/C23H22N2O4/c1-28-19-8-4-16(5-9-19)6-11-22(26)24-18-7-10-20-17(15-18)12-13-25(20)23(27)21-3-2-14-29-21/h2-5,7-10,14-15H,6,11-13H2,1H3,(H,24,26). The minimum absolute atomic E-state index is 0.0396. The van der Waals surface area contributed by atoms with Crippen molar-refractivity contribution in [3.8, 4) is 5.75 Å². The van der Waals surface area contributed by atoms with Gasteiger partial charge in [0.25, 0.3) is 5.91 Å². The van der Waals surface area contributed by atoms with Crippen LogP contribution >= 0.6 is 0 Å². The predicted octanol–water partition coefficient (Wildman–Crippen LogP) is 4.06. The van der Waals surface area contributed by atoms with Crippen LogP contribution in [0, 0.1) is 0 Å². The summed E-state index contributed by atoms with van der Waals surface area (Å²) >= 11 is 0. The van der Waals surface area contributed by atoms with Crippen LogP contribution in [-0.4, -0.2) is 25.5 Å². The molecule has 0 radical (unpaired) electrons. The molecule has 0 saturated carbocycles. The highest BCUT2D eigenvalue weighted by Crippen LogP contribution is 2.31. The fourth-order valence-corrected chi connectivity index (χ4v) is 3.50. The zero-order valence-corrected chi connectivity index (χ0v) is 16.2. The largest absolute Gasteiger partial charge is 0.497 e. The van der Waals surface area contributed by atoms with Crippen molar-refractivity contribution in [2.45, 2.75) is 19.3 Å². The molecule has 2 aromatic carbocycles. The quantitative estimate of drug-likeness (QED) is 0.689. The lowest BCUT2D eigenvalue weighted by molar-refractivity contribution is -0.116. The van der Waals surface area contributed by atoms with Crippen LogP contribution in [0.25, 0.3) is 0 Å². The van der Waals surface area contributed by atoms with Crippen LogP contribution in [0.3, 0.4) is 0 Å². The van der Waals surface area contributed by atoms with E-state index in [1.54, 1.807) is 24.1 Å². The number of methoxy groups -OCH3 is 1. The molecule has 0 aliphatic carbocycles. The lowest BCUT2D eigenvalue weighted by Crippen LogP contribution is -2.28. The molecule has 29 heavy (non-hydrogen) atoms. The van der Waals surface area contributed by atoms with Crippen molar-refractivity contribution < 1.29 is 18.7 Å². The van der Waals surface area contributed by atoms with E-state index in [9.17, 15) is 9.59 Å². The normalized spacial score (nSPS) is 12.5. The molecule has 1 aliphatic heterocycles. The molecule has 6 nitrogen and oxygen atoms in total. The second-order valence-electron chi connectivity index (χ2n) is 6.92. The number of anilines is 2. The lowest BCUT2D eigenvalue weighted by Gasteiger charge is -2.16. The van der Waals surface area contributed by atoms with Crippen LogP contribution in [0.2, 0.25) is 0 Å². The summed E-state index contributed by atoms with van der Waals surface area (Å²) in [5.74, 6) is 0.942. The monoisotopic (exact) mass is 390 g/mol.